The number of hydrogen-bond acceptors (Lipinski definition) is 7. The monoisotopic (exact) mass is 445 g/mol. The standard InChI is InChI=1S/C23H19N5O3S/c29-19-12-11-17(20(30)13-19)14-24-25-21(31)15-32-23-27-26-22(16-7-3-1-4-8-16)28(23)18-9-5-2-6-10-18/h1-14,29-30H,15H2,(H,25,31). The van der Waals surface area contributed by atoms with E-state index in [1.807, 2.05) is 65.2 Å². The molecule has 0 fully saturated rings. The summed E-state index contributed by atoms with van der Waals surface area (Å²) in [7, 11) is 0. The lowest BCUT2D eigenvalue weighted by atomic mass is 10.2. The number of thioether (sulfide) groups is 1. The number of aromatic nitrogens is 3. The first-order chi connectivity index (χ1) is 15.6. The smallest absolute Gasteiger partial charge is 0.250 e. The molecule has 160 valence electrons. The topological polar surface area (TPSA) is 113 Å². The molecule has 4 aromatic rings. The van der Waals surface area contributed by atoms with Crippen molar-refractivity contribution in [3.8, 4) is 28.6 Å². The van der Waals surface area contributed by atoms with Gasteiger partial charge in [0.05, 0.1) is 12.0 Å². The maximum absolute atomic E-state index is 12.3. The zero-order valence-corrected chi connectivity index (χ0v) is 17.6. The highest BCUT2D eigenvalue weighted by molar-refractivity contribution is 7.99. The number of phenolic OH excluding ortho intramolecular Hbond substituents is 2. The highest BCUT2D eigenvalue weighted by Gasteiger charge is 2.17. The van der Waals surface area contributed by atoms with Crippen molar-refractivity contribution in [1.82, 2.24) is 20.2 Å². The quantitative estimate of drug-likeness (QED) is 0.228. The number of para-hydroxylation sites is 1. The van der Waals surface area contributed by atoms with E-state index in [0.29, 0.717) is 16.5 Å². The molecule has 0 aliphatic rings. The average molecular weight is 446 g/mol. The molecule has 0 radical (unpaired) electrons. The Morgan fingerprint density at radius 3 is 2.44 bits per heavy atom. The summed E-state index contributed by atoms with van der Waals surface area (Å²) < 4.78 is 1.91. The maximum Gasteiger partial charge on any atom is 0.250 e. The number of hydrazone groups is 1. The lowest BCUT2D eigenvalue weighted by molar-refractivity contribution is -0.118. The van der Waals surface area contributed by atoms with E-state index in [0.717, 1.165) is 11.3 Å². The fourth-order valence-corrected chi connectivity index (χ4v) is 3.67. The first-order valence-electron chi connectivity index (χ1n) is 9.65. The van der Waals surface area contributed by atoms with Gasteiger partial charge < -0.3 is 10.2 Å². The van der Waals surface area contributed by atoms with Gasteiger partial charge in [-0.1, -0.05) is 60.3 Å². The van der Waals surface area contributed by atoms with Gasteiger partial charge in [-0.3, -0.25) is 9.36 Å². The molecule has 0 spiro atoms. The zero-order valence-electron chi connectivity index (χ0n) is 16.8. The fourth-order valence-electron chi connectivity index (χ4n) is 2.92. The average Bonchev–Trinajstić information content (AvgIpc) is 3.24. The predicted octanol–water partition coefficient (Wildman–Crippen LogP) is 3.59. The first-order valence-corrected chi connectivity index (χ1v) is 10.6. The maximum atomic E-state index is 12.3. The van der Waals surface area contributed by atoms with E-state index in [1.54, 1.807) is 0 Å². The van der Waals surface area contributed by atoms with Crippen molar-refractivity contribution in [3.63, 3.8) is 0 Å². The number of carbonyl (C=O) groups is 1. The van der Waals surface area contributed by atoms with Crippen LogP contribution in [0.5, 0.6) is 11.5 Å². The third-order valence-electron chi connectivity index (χ3n) is 4.42. The predicted molar refractivity (Wildman–Crippen MR) is 123 cm³/mol. The summed E-state index contributed by atoms with van der Waals surface area (Å²) in [5.74, 6) is 0.215. The molecular weight excluding hydrogens is 426 g/mol. The molecule has 3 N–H and O–H groups in total. The van der Waals surface area contributed by atoms with Crippen molar-refractivity contribution in [2.24, 2.45) is 5.10 Å². The zero-order chi connectivity index (χ0) is 22.3. The molecule has 0 atom stereocenters. The van der Waals surface area contributed by atoms with Crippen LogP contribution in [0.25, 0.3) is 17.1 Å². The van der Waals surface area contributed by atoms with Gasteiger partial charge in [-0.15, -0.1) is 10.2 Å². The molecule has 0 aliphatic heterocycles. The lowest BCUT2D eigenvalue weighted by Gasteiger charge is -2.10. The van der Waals surface area contributed by atoms with Crippen LogP contribution in [-0.4, -0.2) is 42.9 Å². The number of amides is 1. The van der Waals surface area contributed by atoms with Crippen LogP contribution in [-0.2, 0) is 4.79 Å². The van der Waals surface area contributed by atoms with Gasteiger partial charge in [0.25, 0.3) is 5.91 Å². The lowest BCUT2D eigenvalue weighted by Crippen LogP contribution is -2.20. The van der Waals surface area contributed by atoms with Gasteiger partial charge in [0.15, 0.2) is 11.0 Å². The Morgan fingerprint density at radius 1 is 1.00 bits per heavy atom. The molecule has 32 heavy (non-hydrogen) atoms. The highest BCUT2D eigenvalue weighted by atomic mass is 32.2. The van der Waals surface area contributed by atoms with Crippen LogP contribution in [0, 0.1) is 0 Å². The van der Waals surface area contributed by atoms with E-state index < -0.39 is 0 Å². The molecular formula is C23H19N5O3S. The van der Waals surface area contributed by atoms with Crippen molar-refractivity contribution in [3.05, 3.63) is 84.4 Å². The first kappa shape index (κ1) is 21.1. The number of phenols is 2. The molecule has 0 saturated heterocycles. The summed E-state index contributed by atoms with van der Waals surface area (Å²) in [6.45, 7) is 0. The van der Waals surface area contributed by atoms with Crippen LogP contribution < -0.4 is 5.43 Å². The second-order valence-corrected chi connectivity index (χ2v) is 7.61. The van der Waals surface area contributed by atoms with Crippen LogP contribution in [0.4, 0.5) is 0 Å². The van der Waals surface area contributed by atoms with E-state index in [-0.39, 0.29) is 23.2 Å². The van der Waals surface area contributed by atoms with Crippen molar-refractivity contribution >= 4 is 23.9 Å². The third kappa shape index (κ3) is 4.96. The fraction of sp³-hybridized carbons (Fsp3) is 0.0435. The molecule has 0 saturated carbocycles. The Labute approximate surface area is 188 Å². The summed E-state index contributed by atoms with van der Waals surface area (Å²) in [5, 5.41) is 32.1. The van der Waals surface area contributed by atoms with Gasteiger partial charge in [-0.2, -0.15) is 5.10 Å². The van der Waals surface area contributed by atoms with Gasteiger partial charge in [0.1, 0.15) is 11.5 Å². The molecule has 0 bridgehead atoms. The number of aromatic hydroxyl groups is 2. The number of nitrogens with one attached hydrogen (secondary N) is 1. The van der Waals surface area contributed by atoms with Crippen molar-refractivity contribution in [1.29, 1.82) is 0 Å². The van der Waals surface area contributed by atoms with Crippen LogP contribution in [0.15, 0.2) is 89.1 Å². The second kappa shape index (κ2) is 9.80. The van der Waals surface area contributed by atoms with Crippen LogP contribution in [0.1, 0.15) is 5.56 Å². The Bertz CT molecular complexity index is 1240. The third-order valence-corrected chi connectivity index (χ3v) is 5.35. The van der Waals surface area contributed by atoms with Crippen molar-refractivity contribution in [2.45, 2.75) is 5.16 Å². The molecule has 0 unspecified atom stereocenters. The second-order valence-electron chi connectivity index (χ2n) is 6.67. The molecule has 4 rings (SSSR count). The Kier molecular flexibility index (Phi) is 6.47. The molecule has 8 nitrogen and oxygen atoms in total. The van der Waals surface area contributed by atoms with E-state index in [1.165, 1.54) is 36.2 Å². The molecule has 9 heteroatoms. The number of rotatable bonds is 7. The van der Waals surface area contributed by atoms with E-state index in [2.05, 4.69) is 20.7 Å². The minimum Gasteiger partial charge on any atom is -0.508 e. The summed E-state index contributed by atoms with van der Waals surface area (Å²) >= 11 is 1.24. The Balaban J connectivity index is 1.48. The minimum absolute atomic E-state index is 0.0579. The van der Waals surface area contributed by atoms with Gasteiger partial charge in [-0.05, 0) is 24.3 Å². The molecule has 0 aliphatic carbocycles. The summed E-state index contributed by atoms with van der Waals surface area (Å²) in [5.41, 5.74) is 4.59. The van der Waals surface area contributed by atoms with Gasteiger partial charge in [0.2, 0.25) is 0 Å². The SMILES string of the molecule is O=C(CSc1nnc(-c2ccccc2)n1-c1ccccc1)NN=Cc1ccc(O)cc1O. The highest BCUT2D eigenvalue weighted by Crippen LogP contribution is 2.27. The number of nitrogens with zero attached hydrogens (tertiary/aromatic N) is 4. The normalized spacial score (nSPS) is 11.0. The summed E-state index contributed by atoms with van der Waals surface area (Å²) in [4.78, 5) is 12.3. The van der Waals surface area contributed by atoms with Gasteiger partial charge in [-0.25, -0.2) is 5.43 Å². The summed E-state index contributed by atoms with van der Waals surface area (Å²) in [6, 6.07) is 23.5. The Hall–Kier alpha value is -4.11. The number of carbonyl (C=O) groups excluding carboxylic acids is 1. The van der Waals surface area contributed by atoms with Crippen LogP contribution in [0.2, 0.25) is 0 Å². The number of hydrogen-bond donors (Lipinski definition) is 3. The van der Waals surface area contributed by atoms with E-state index in [4.69, 9.17) is 0 Å². The number of benzene rings is 3. The van der Waals surface area contributed by atoms with Crippen LogP contribution in [0.3, 0.4) is 0 Å². The van der Waals surface area contributed by atoms with Crippen molar-refractivity contribution < 1.29 is 15.0 Å². The molecule has 1 heterocycles. The van der Waals surface area contributed by atoms with Crippen molar-refractivity contribution in [2.75, 3.05) is 5.75 Å². The molecule has 1 amide bonds. The van der Waals surface area contributed by atoms with Gasteiger partial charge >= 0.3 is 0 Å². The van der Waals surface area contributed by atoms with Crippen LogP contribution >= 0.6 is 11.8 Å². The minimum atomic E-state index is -0.339. The molecule has 3 aromatic carbocycles. The largest absolute Gasteiger partial charge is 0.508 e. The molecule has 1 aromatic heterocycles. The van der Waals surface area contributed by atoms with E-state index >= 15 is 0 Å². The van der Waals surface area contributed by atoms with Gasteiger partial charge in [0, 0.05) is 22.9 Å². The Morgan fingerprint density at radius 2 is 1.72 bits per heavy atom. The summed E-state index contributed by atoms with van der Waals surface area (Å²) in [6.07, 6.45) is 1.30. The van der Waals surface area contributed by atoms with E-state index in [9.17, 15) is 15.0 Å².